The predicted octanol–water partition coefficient (Wildman–Crippen LogP) is 2.99. The third-order valence-corrected chi connectivity index (χ3v) is 6.30. The Balaban J connectivity index is 1.32. The van der Waals surface area contributed by atoms with Crippen LogP contribution in [0, 0.1) is 5.92 Å². The maximum Gasteiger partial charge on any atom is 0.225 e. The average molecular weight is 422 g/mol. The fraction of sp³-hybridized carbons (Fsp3) is 0.500. The van der Waals surface area contributed by atoms with Crippen LogP contribution in [0.15, 0.2) is 30.5 Å². The maximum atomic E-state index is 11.4. The molecule has 3 aromatic rings. The van der Waals surface area contributed by atoms with E-state index >= 15 is 0 Å². The lowest BCUT2D eigenvalue weighted by Gasteiger charge is -2.23. The van der Waals surface area contributed by atoms with Crippen molar-refractivity contribution in [2.24, 2.45) is 11.7 Å². The summed E-state index contributed by atoms with van der Waals surface area (Å²) in [6.07, 6.45) is 10.4. The molecule has 2 atom stereocenters. The number of carbonyl (C=O) groups excluding carboxylic acids is 1. The molecule has 162 valence electrons. The number of primary amides is 1. The normalized spacial score (nSPS) is 21.9. The summed E-state index contributed by atoms with van der Waals surface area (Å²) in [5, 5.41) is 11.8. The second-order valence-electron chi connectivity index (χ2n) is 8.53. The SMILES string of the molecule is NC(=O)[C@@H]1CC[C@@H](Nc2ncc3nnn(-c4ccc(OC5CCCCC5)cc4)c3n2)C1. The van der Waals surface area contributed by atoms with Crippen LogP contribution in [0.2, 0.25) is 0 Å². The molecule has 0 spiro atoms. The molecule has 1 amide bonds. The van der Waals surface area contributed by atoms with E-state index in [4.69, 9.17) is 10.5 Å². The number of hydrogen-bond donors (Lipinski definition) is 2. The molecule has 0 bridgehead atoms. The Morgan fingerprint density at radius 2 is 1.90 bits per heavy atom. The summed E-state index contributed by atoms with van der Waals surface area (Å²) in [5.41, 5.74) is 7.54. The number of nitrogens with one attached hydrogen (secondary N) is 1. The van der Waals surface area contributed by atoms with Gasteiger partial charge in [0, 0.05) is 12.0 Å². The van der Waals surface area contributed by atoms with E-state index in [0.717, 1.165) is 37.1 Å². The topological polar surface area (TPSA) is 121 Å². The molecule has 2 saturated carbocycles. The summed E-state index contributed by atoms with van der Waals surface area (Å²) in [4.78, 5) is 20.4. The quantitative estimate of drug-likeness (QED) is 0.627. The molecule has 2 aromatic heterocycles. The van der Waals surface area contributed by atoms with Crippen LogP contribution < -0.4 is 15.8 Å². The number of carbonyl (C=O) groups is 1. The zero-order valence-electron chi connectivity index (χ0n) is 17.4. The second kappa shape index (κ2) is 8.49. The van der Waals surface area contributed by atoms with Gasteiger partial charge >= 0.3 is 0 Å². The van der Waals surface area contributed by atoms with Crippen LogP contribution in [0.4, 0.5) is 5.95 Å². The smallest absolute Gasteiger partial charge is 0.225 e. The minimum Gasteiger partial charge on any atom is -0.490 e. The van der Waals surface area contributed by atoms with Crippen LogP contribution in [0.3, 0.4) is 0 Å². The molecule has 5 rings (SSSR count). The average Bonchev–Trinajstić information content (AvgIpc) is 3.42. The van der Waals surface area contributed by atoms with E-state index in [2.05, 4.69) is 25.6 Å². The lowest BCUT2D eigenvalue weighted by Crippen LogP contribution is -2.23. The van der Waals surface area contributed by atoms with Crippen LogP contribution in [0.1, 0.15) is 51.4 Å². The Kier molecular flexibility index (Phi) is 5.40. The van der Waals surface area contributed by atoms with Gasteiger partial charge in [-0.3, -0.25) is 4.79 Å². The number of amides is 1. The van der Waals surface area contributed by atoms with Crippen molar-refractivity contribution in [2.45, 2.75) is 63.5 Å². The lowest BCUT2D eigenvalue weighted by molar-refractivity contribution is -0.121. The van der Waals surface area contributed by atoms with Crippen LogP contribution >= 0.6 is 0 Å². The number of rotatable bonds is 6. The van der Waals surface area contributed by atoms with E-state index in [0.29, 0.717) is 29.6 Å². The standard InChI is InChI=1S/C22H27N7O2/c23-20(30)14-6-7-15(12-14)25-22-24-13-19-21(26-22)29(28-27-19)16-8-10-18(11-9-16)31-17-4-2-1-3-5-17/h8-11,13-15,17H,1-7,12H2,(H2,23,30)(H,24,25,26)/t14-,15-/m1/s1. The first-order valence-corrected chi connectivity index (χ1v) is 11.1. The Bertz CT molecular complexity index is 1060. The van der Waals surface area contributed by atoms with Crippen LogP contribution in [0.25, 0.3) is 16.9 Å². The zero-order valence-corrected chi connectivity index (χ0v) is 17.4. The van der Waals surface area contributed by atoms with Crippen molar-refractivity contribution in [1.82, 2.24) is 25.0 Å². The number of anilines is 1. The maximum absolute atomic E-state index is 11.4. The van der Waals surface area contributed by atoms with E-state index in [1.807, 2.05) is 24.3 Å². The predicted molar refractivity (Wildman–Crippen MR) is 116 cm³/mol. The molecule has 9 nitrogen and oxygen atoms in total. The van der Waals surface area contributed by atoms with E-state index in [9.17, 15) is 4.79 Å². The molecule has 2 heterocycles. The summed E-state index contributed by atoms with van der Waals surface area (Å²) in [5.74, 6) is 1.06. The Labute approximate surface area is 180 Å². The van der Waals surface area contributed by atoms with Gasteiger partial charge in [-0.05, 0) is 69.2 Å². The third-order valence-electron chi connectivity index (χ3n) is 6.30. The first-order valence-electron chi connectivity index (χ1n) is 11.1. The molecule has 0 saturated heterocycles. The van der Waals surface area contributed by atoms with Gasteiger partial charge in [0.25, 0.3) is 0 Å². The van der Waals surface area contributed by atoms with Gasteiger partial charge in [0.2, 0.25) is 11.9 Å². The third kappa shape index (κ3) is 4.30. The molecule has 31 heavy (non-hydrogen) atoms. The van der Waals surface area contributed by atoms with E-state index in [1.165, 1.54) is 19.3 Å². The highest BCUT2D eigenvalue weighted by Crippen LogP contribution is 2.28. The summed E-state index contributed by atoms with van der Waals surface area (Å²) >= 11 is 0. The molecule has 0 unspecified atom stereocenters. The summed E-state index contributed by atoms with van der Waals surface area (Å²) in [6, 6.07) is 8.02. The van der Waals surface area contributed by atoms with Gasteiger partial charge in [0.1, 0.15) is 5.75 Å². The number of hydrogen-bond acceptors (Lipinski definition) is 7. The van der Waals surface area contributed by atoms with Crippen molar-refractivity contribution in [3.63, 3.8) is 0 Å². The Morgan fingerprint density at radius 1 is 1.10 bits per heavy atom. The van der Waals surface area contributed by atoms with Gasteiger partial charge in [0.15, 0.2) is 11.2 Å². The van der Waals surface area contributed by atoms with Gasteiger partial charge < -0.3 is 15.8 Å². The summed E-state index contributed by atoms with van der Waals surface area (Å²) in [6.45, 7) is 0. The molecule has 3 N–H and O–H groups in total. The fourth-order valence-corrected chi connectivity index (χ4v) is 4.57. The van der Waals surface area contributed by atoms with Crippen LogP contribution in [0.5, 0.6) is 5.75 Å². The number of nitrogens with two attached hydrogens (primary N) is 1. The highest BCUT2D eigenvalue weighted by atomic mass is 16.5. The fourth-order valence-electron chi connectivity index (χ4n) is 4.57. The molecule has 0 aliphatic heterocycles. The Morgan fingerprint density at radius 3 is 2.65 bits per heavy atom. The van der Waals surface area contributed by atoms with Crippen LogP contribution in [-0.4, -0.2) is 43.0 Å². The van der Waals surface area contributed by atoms with Crippen molar-refractivity contribution in [1.29, 1.82) is 0 Å². The van der Waals surface area contributed by atoms with Gasteiger partial charge in [-0.25, -0.2) is 4.98 Å². The lowest BCUT2D eigenvalue weighted by atomic mass is 9.98. The van der Waals surface area contributed by atoms with E-state index in [-0.39, 0.29) is 17.9 Å². The molecule has 2 fully saturated rings. The molecule has 1 aromatic carbocycles. The van der Waals surface area contributed by atoms with Gasteiger partial charge in [-0.2, -0.15) is 9.67 Å². The molecular formula is C22H27N7O2. The van der Waals surface area contributed by atoms with Crippen molar-refractivity contribution in [3.05, 3.63) is 30.5 Å². The van der Waals surface area contributed by atoms with Gasteiger partial charge in [-0.1, -0.05) is 11.6 Å². The molecule has 2 aliphatic rings. The van der Waals surface area contributed by atoms with E-state index in [1.54, 1.807) is 10.9 Å². The monoisotopic (exact) mass is 421 g/mol. The van der Waals surface area contributed by atoms with Crippen LogP contribution in [-0.2, 0) is 4.79 Å². The summed E-state index contributed by atoms with van der Waals surface area (Å²) in [7, 11) is 0. The molecule has 2 aliphatic carbocycles. The highest BCUT2D eigenvalue weighted by Gasteiger charge is 2.29. The highest BCUT2D eigenvalue weighted by molar-refractivity contribution is 5.77. The Hall–Kier alpha value is -3.23. The number of ether oxygens (including phenoxy) is 1. The van der Waals surface area contributed by atoms with E-state index < -0.39 is 0 Å². The van der Waals surface area contributed by atoms with Crippen molar-refractivity contribution >= 4 is 23.0 Å². The number of fused-ring (bicyclic) bond motifs is 1. The van der Waals surface area contributed by atoms with Gasteiger partial charge in [-0.15, -0.1) is 5.10 Å². The first kappa shape index (κ1) is 19.7. The minimum absolute atomic E-state index is 0.0808. The second-order valence-corrected chi connectivity index (χ2v) is 8.53. The molecular weight excluding hydrogens is 394 g/mol. The first-order chi connectivity index (χ1) is 15.2. The largest absolute Gasteiger partial charge is 0.490 e. The number of aromatic nitrogens is 5. The zero-order chi connectivity index (χ0) is 21.2. The van der Waals surface area contributed by atoms with Crippen molar-refractivity contribution in [3.8, 4) is 11.4 Å². The van der Waals surface area contributed by atoms with Crippen molar-refractivity contribution in [2.75, 3.05) is 5.32 Å². The summed E-state index contributed by atoms with van der Waals surface area (Å²) < 4.78 is 7.82. The number of benzene rings is 1. The molecule has 0 radical (unpaired) electrons. The molecule has 9 heteroatoms. The van der Waals surface area contributed by atoms with Crippen molar-refractivity contribution < 1.29 is 9.53 Å². The minimum atomic E-state index is -0.237. The number of nitrogens with zero attached hydrogens (tertiary/aromatic N) is 5. The van der Waals surface area contributed by atoms with Gasteiger partial charge in [0.05, 0.1) is 18.0 Å².